The summed E-state index contributed by atoms with van der Waals surface area (Å²) < 4.78 is 5.28. The summed E-state index contributed by atoms with van der Waals surface area (Å²) in [6, 6.07) is 5.91. The lowest BCUT2D eigenvalue weighted by Crippen LogP contribution is -2.09. The molecule has 3 nitrogen and oxygen atoms in total. The first-order valence-corrected chi connectivity index (χ1v) is 5.22. The van der Waals surface area contributed by atoms with Crippen LogP contribution in [-0.4, -0.2) is 14.1 Å². The SMILES string of the molecule is Cc1c(C)c2ccc(N(C)C)cc2oc1=O. The highest BCUT2D eigenvalue weighted by Crippen LogP contribution is 2.23. The summed E-state index contributed by atoms with van der Waals surface area (Å²) in [5.41, 5.74) is 3.11. The van der Waals surface area contributed by atoms with E-state index in [1.165, 1.54) is 0 Å². The molecule has 0 fully saturated rings. The van der Waals surface area contributed by atoms with E-state index in [0.29, 0.717) is 11.1 Å². The maximum Gasteiger partial charge on any atom is 0.339 e. The minimum absolute atomic E-state index is 0.249. The van der Waals surface area contributed by atoms with Gasteiger partial charge in [-0.05, 0) is 31.5 Å². The van der Waals surface area contributed by atoms with Crippen molar-refractivity contribution in [2.75, 3.05) is 19.0 Å². The van der Waals surface area contributed by atoms with E-state index in [4.69, 9.17) is 4.42 Å². The van der Waals surface area contributed by atoms with Gasteiger partial charge in [0.1, 0.15) is 5.58 Å². The molecule has 0 amide bonds. The standard InChI is InChI=1S/C13H15NO2/c1-8-9(2)13(15)16-12-7-10(14(3)4)5-6-11(8)12/h5-7H,1-4H3. The highest BCUT2D eigenvalue weighted by atomic mass is 16.4. The Morgan fingerprint density at radius 3 is 2.44 bits per heavy atom. The molecular formula is C13H15NO2. The molecular weight excluding hydrogens is 202 g/mol. The van der Waals surface area contributed by atoms with Crippen molar-refractivity contribution in [1.29, 1.82) is 0 Å². The molecule has 84 valence electrons. The number of hydrogen-bond donors (Lipinski definition) is 0. The highest BCUT2D eigenvalue weighted by molar-refractivity contribution is 5.84. The molecule has 0 bridgehead atoms. The second-order valence-electron chi connectivity index (χ2n) is 4.21. The highest BCUT2D eigenvalue weighted by Gasteiger charge is 2.08. The molecule has 2 rings (SSSR count). The molecule has 3 heteroatoms. The first kappa shape index (κ1) is 10.7. The van der Waals surface area contributed by atoms with Gasteiger partial charge in [0, 0.05) is 36.8 Å². The summed E-state index contributed by atoms with van der Waals surface area (Å²) in [6.07, 6.45) is 0. The van der Waals surface area contributed by atoms with Crippen LogP contribution in [0.4, 0.5) is 5.69 Å². The van der Waals surface area contributed by atoms with Gasteiger partial charge >= 0.3 is 5.63 Å². The summed E-state index contributed by atoms with van der Waals surface area (Å²) in [7, 11) is 3.92. The van der Waals surface area contributed by atoms with Crippen molar-refractivity contribution in [1.82, 2.24) is 0 Å². The average molecular weight is 217 g/mol. The molecule has 0 aliphatic heterocycles. The number of hydrogen-bond acceptors (Lipinski definition) is 3. The Bertz CT molecular complexity index is 597. The van der Waals surface area contributed by atoms with Gasteiger partial charge in [-0.2, -0.15) is 0 Å². The topological polar surface area (TPSA) is 33.5 Å². The van der Waals surface area contributed by atoms with Crippen molar-refractivity contribution >= 4 is 16.7 Å². The van der Waals surface area contributed by atoms with Gasteiger partial charge < -0.3 is 9.32 Å². The molecule has 1 aromatic heterocycles. The molecule has 1 heterocycles. The number of benzene rings is 1. The second-order valence-corrected chi connectivity index (χ2v) is 4.21. The monoisotopic (exact) mass is 217 g/mol. The minimum atomic E-state index is -0.249. The van der Waals surface area contributed by atoms with Gasteiger partial charge in [0.2, 0.25) is 0 Å². The first-order chi connectivity index (χ1) is 7.50. The molecule has 2 aromatic rings. The molecule has 16 heavy (non-hydrogen) atoms. The van der Waals surface area contributed by atoms with E-state index in [1.807, 2.05) is 44.1 Å². The molecule has 0 spiro atoms. The van der Waals surface area contributed by atoms with E-state index in [2.05, 4.69) is 0 Å². The summed E-state index contributed by atoms with van der Waals surface area (Å²) in [4.78, 5) is 13.5. The van der Waals surface area contributed by atoms with Crippen LogP contribution in [-0.2, 0) is 0 Å². The van der Waals surface area contributed by atoms with Crippen molar-refractivity contribution in [2.45, 2.75) is 13.8 Å². The third-order valence-corrected chi connectivity index (χ3v) is 2.96. The van der Waals surface area contributed by atoms with Gasteiger partial charge in [-0.3, -0.25) is 0 Å². The Balaban J connectivity index is 2.81. The van der Waals surface area contributed by atoms with Gasteiger partial charge in [-0.1, -0.05) is 0 Å². The second kappa shape index (κ2) is 3.67. The first-order valence-electron chi connectivity index (χ1n) is 5.22. The quantitative estimate of drug-likeness (QED) is 0.688. The Morgan fingerprint density at radius 2 is 1.81 bits per heavy atom. The minimum Gasteiger partial charge on any atom is -0.422 e. The van der Waals surface area contributed by atoms with E-state index < -0.39 is 0 Å². The van der Waals surface area contributed by atoms with Crippen molar-refractivity contribution < 1.29 is 4.42 Å². The van der Waals surface area contributed by atoms with Gasteiger partial charge in [0.25, 0.3) is 0 Å². The van der Waals surface area contributed by atoms with Gasteiger partial charge in [-0.25, -0.2) is 4.79 Å². The molecule has 0 N–H and O–H groups in total. The molecule has 0 aliphatic rings. The molecule has 0 radical (unpaired) electrons. The van der Waals surface area contributed by atoms with Crippen LogP contribution in [0.15, 0.2) is 27.4 Å². The number of nitrogens with zero attached hydrogens (tertiary/aromatic N) is 1. The van der Waals surface area contributed by atoms with Crippen LogP contribution >= 0.6 is 0 Å². The average Bonchev–Trinajstić information content (AvgIpc) is 2.25. The maximum absolute atomic E-state index is 11.6. The van der Waals surface area contributed by atoms with Crippen LogP contribution in [0, 0.1) is 13.8 Å². The van der Waals surface area contributed by atoms with E-state index in [-0.39, 0.29) is 5.63 Å². The number of fused-ring (bicyclic) bond motifs is 1. The van der Waals surface area contributed by atoms with Gasteiger partial charge in [0.05, 0.1) is 0 Å². The molecule has 0 atom stereocenters. The zero-order chi connectivity index (χ0) is 11.9. The third kappa shape index (κ3) is 1.58. The zero-order valence-electron chi connectivity index (χ0n) is 10.00. The lowest BCUT2D eigenvalue weighted by atomic mass is 10.1. The molecule has 0 saturated carbocycles. The van der Waals surface area contributed by atoms with Crippen molar-refractivity contribution in [3.63, 3.8) is 0 Å². The smallest absolute Gasteiger partial charge is 0.339 e. The van der Waals surface area contributed by atoms with Crippen LogP contribution in [0.2, 0.25) is 0 Å². The Morgan fingerprint density at radius 1 is 1.12 bits per heavy atom. The molecule has 0 aliphatic carbocycles. The Labute approximate surface area is 94.3 Å². The van der Waals surface area contributed by atoms with Crippen LogP contribution in [0.1, 0.15) is 11.1 Å². The van der Waals surface area contributed by atoms with Crippen LogP contribution < -0.4 is 10.5 Å². The Hall–Kier alpha value is -1.77. The van der Waals surface area contributed by atoms with E-state index >= 15 is 0 Å². The summed E-state index contributed by atoms with van der Waals surface area (Å²) in [6.45, 7) is 3.74. The van der Waals surface area contributed by atoms with E-state index in [9.17, 15) is 4.79 Å². The fourth-order valence-electron chi connectivity index (χ4n) is 1.71. The van der Waals surface area contributed by atoms with Crippen molar-refractivity contribution in [3.8, 4) is 0 Å². The zero-order valence-corrected chi connectivity index (χ0v) is 10.00. The fourth-order valence-corrected chi connectivity index (χ4v) is 1.71. The fraction of sp³-hybridized carbons (Fsp3) is 0.308. The third-order valence-electron chi connectivity index (χ3n) is 2.96. The van der Waals surface area contributed by atoms with Crippen molar-refractivity contribution in [2.24, 2.45) is 0 Å². The number of aryl methyl sites for hydroxylation is 1. The number of rotatable bonds is 1. The molecule has 0 saturated heterocycles. The van der Waals surface area contributed by atoms with Crippen LogP contribution in [0.5, 0.6) is 0 Å². The van der Waals surface area contributed by atoms with E-state index in [1.54, 1.807) is 6.92 Å². The molecule has 1 aromatic carbocycles. The largest absolute Gasteiger partial charge is 0.422 e. The van der Waals surface area contributed by atoms with Crippen molar-refractivity contribution in [3.05, 3.63) is 39.7 Å². The van der Waals surface area contributed by atoms with Gasteiger partial charge in [-0.15, -0.1) is 0 Å². The molecule has 0 unspecified atom stereocenters. The summed E-state index contributed by atoms with van der Waals surface area (Å²) in [5.74, 6) is 0. The number of anilines is 1. The lowest BCUT2D eigenvalue weighted by molar-refractivity contribution is 0.553. The van der Waals surface area contributed by atoms with E-state index in [0.717, 1.165) is 16.6 Å². The summed E-state index contributed by atoms with van der Waals surface area (Å²) in [5, 5.41) is 1.00. The predicted molar refractivity (Wildman–Crippen MR) is 66.3 cm³/mol. The predicted octanol–water partition coefficient (Wildman–Crippen LogP) is 2.48. The Kier molecular flexibility index (Phi) is 2.46. The van der Waals surface area contributed by atoms with Gasteiger partial charge in [0.15, 0.2) is 0 Å². The van der Waals surface area contributed by atoms with Crippen LogP contribution in [0.3, 0.4) is 0 Å². The maximum atomic E-state index is 11.6. The lowest BCUT2D eigenvalue weighted by Gasteiger charge is -2.13. The van der Waals surface area contributed by atoms with Crippen LogP contribution in [0.25, 0.3) is 11.0 Å². The summed E-state index contributed by atoms with van der Waals surface area (Å²) >= 11 is 0. The normalized spacial score (nSPS) is 10.8.